The minimum Gasteiger partial charge on any atom is -0.493 e. The molecule has 0 saturated carbocycles. The molecule has 28 heavy (non-hydrogen) atoms. The van der Waals surface area contributed by atoms with Gasteiger partial charge in [0.1, 0.15) is 0 Å². The van der Waals surface area contributed by atoms with E-state index < -0.39 is 0 Å². The normalized spacial score (nSPS) is 10.8. The van der Waals surface area contributed by atoms with Crippen LogP contribution in [0.1, 0.15) is 25.0 Å². The summed E-state index contributed by atoms with van der Waals surface area (Å²) < 4.78 is 16.3. The molecule has 2 rings (SSSR count). The Hall–Kier alpha value is -2.00. The third kappa shape index (κ3) is 7.20. The maximum absolute atomic E-state index is 5.64. The third-order valence-corrected chi connectivity index (χ3v) is 3.90. The Balaban J connectivity index is 0.00000392. The highest BCUT2D eigenvalue weighted by Crippen LogP contribution is 2.30. The van der Waals surface area contributed by atoms with Crippen LogP contribution in [0.5, 0.6) is 11.5 Å². The lowest BCUT2D eigenvalue weighted by molar-refractivity contribution is 0.184. The summed E-state index contributed by atoms with van der Waals surface area (Å²) in [4.78, 5) is 4.71. The maximum Gasteiger partial charge on any atom is 0.196 e. The van der Waals surface area contributed by atoms with Crippen LogP contribution < -0.4 is 20.1 Å². The first kappa shape index (κ1) is 24.0. The van der Waals surface area contributed by atoms with E-state index in [1.165, 1.54) is 0 Å². The van der Waals surface area contributed by atoms with Gasteiger partial charge in [-0.1, -0.05) is 24.3 Å². The van der Waals surface area contributed by atoms with Crippen molar-refractivity contribution in [1.29, 1.82) is 0 Å². The summed E-state index contributed by atoms with van der Waals surface area (Å²) in [6.07, 6.45) is 0. The maximum atomic E-state index is 5.64. The summed E-state index contributed by atoms with van der Waals surface area (Å²) in [5, 5.41) is 6.59. The van der Waals surface area contributed by atoms with Crippen LogP contribution in [0.2, 0.25) is 0 Å². The molecular formula is C21H30IN3O3. The zero-order valence-electron chi connectivity index (χ0n) is 17.0. The van der Waals surface area contributed by atoms with Crippen LogP contribution >= 0.6 is 24.0 Å². The first-order valence-corrected chi connectivity index (χ1v) is 9.13. The van der Waals surface area contributed by atoms with Crippen molar-refractivity contribution in [2.24, 2.45) is 4.99 Å². The average molecular weight is 499 g/mol. The van der Waals surface area contributed by atoms with Crippen LogP contribution in [0.25, 0.3) is 0 Å². The van der Waals surface area contributed by atoms with Crippen molar-refractivity contribution in [3.63, 3.8) is 0 Å². The zero-order valence-corrected chi connectivity index (χ0v) is 19.3. The molecular weight excluding hydrogens is 469 g/mol. The predicted octanol–water partition coefficient (Wildman–Crippen LogP) is 4.44. The number of halogens is 1. The highest BCUT2D eigenvalue weighted by atomic mass is 127. The molecule has 0 spiro atoms. The quantitative estimate of drug-likeness (QED) is 0.304. The number of rotatable bonds is 9. The van der Waals surface area contributed by atoms with Crippen LogP contribution in [0, 0.1) is 0 Å². The van der Waals surface area contributed by atoms with Gasteiger partial charge in [-0.3, -0.25) is 0 Å². The van der Waals surface area contributed by atoms with Gasteiger partial charge in [-0.05, 0) is 37.1 Å². The van der Waals surface area contributed by atoms with E-state index in [9.17, 15) is 0 Å². The van der Waals surface area contributed by atoms with Crippen molar-refractivity contribution in [3.8, 4) is 11.5 Å². The number of hydrogen-bond acceptors (Lipinski definition) is 4. The SMILES string of the molecule is CCNC(=NCc1ccccc1COC)Nc1ccc(OC)c(OCC)c1.I. The monoisotopic (exact) mass is 499 g/mol. The van der Waals surface area contributed by atoms with Crippen LogP contribution in [0.4, 0.5) is 5.69 Å². The van der Waals surface area contributed by atoms with Crippen LogP contribution in [-0.2, 0) is 17.9 Å². The Morgan fingerprint density at radius 1 is 1.00 bits per heavy atom. The van der Waals surface area contributed by atoms with Gasteiger partial charge in [0.15, 0.2) is 17.5 Å². The van der Waals surface area contributed by atoms with Gasteiger partial charge in [0.05, 0.1) is 26.9 Å². The molecule has 0 aliphatic heterocycles. The minimum atomic E-state index is 0. The molecule has 0 aliphatic rings. The van der Waals surface area contributed by atoms with Gasteiger partial charge in [-0.25, -0.2) is 4.99 Å². The van der Waals surface area contributed by atoms with Gasteiger partial charge in [0, 0.05) is 25.4 Å². The summed E-state index contributed by atoms with van der Waals surface area (Å²) in [6.45, 7) is 6.46. The van der Waals surface area contributed by atoms with E-state index >= 15 is 0 Å². The van der Waals surface area contributed by atoms with Crippen molar-refractivity contribution in [1.82, 2.24) is 5.32 Å². The topological polar surface area (TPSA) is 64.1 Å². The van der Waals surface area contributed by atoms with E-state index in [-0.39, 0.29) is 24.0 Å². The average Bonchev–Trinajstić information content (AvgIpc) is 2.68. The number of nitrogens with one attached hydrogen (secondary N) is 2. The van der Waals surface area contributed by atoms with Gasteiger partial charge >= 0.3 is 0 Å². The molecule has 154 valence electrons. The van der Waals surface area contributed by atoms with Gasteiger partial charge < -0.3 is 24.8 Å². The Labute approximate surface area is 184 Å². The molecule has 0 aliphatic carbocycles. The Kier molecular flexibility index (Phi) is 11.4. The standard InChI is InChI=1S/C21H29N3O3.HI/c1-5-22-21(23-14-16-9-7-8-10-17(16)15-25-3)24-18-11-12-19(26-4)20(13-18)27-6-2;/h7-13H,5-6,14-15H2,1-4H3,(H2,22,23,24);1H. The Bertz CT molecular complexity index is 753. The number of benzene rings is 2. The van der Waals surface area contributed by atoms with Crippen molar-refractivity contribution >= 4 is 35.6 Å². The van der Waals surface area contributed by atoms with Gasteiger partial charge in [0.2, 0.25) is 0 Å². The lowest BCUT2D eigenvalue weighted by Crippen LogP contribution is -2.30. The Morgan fingerprint density at radius 3 is 2.39 bits per heavy atom. The van der Waals surface area contributed by atoms with Crippen molar-refractivity contribution in [2.75, 3.05) is 32.7 Å². The number of aliphatic imine (C=N–C) groups is 1. The molecule has 0 atom stereocenters. The van der Waals surface area contributed by atoms with Gasteiger partial charge in [-0.2, -0.15) is 0 Å². The molecule has 7 heteroatoms. The number of ether oxygens (including phenoxy) is 3. The van der Waals surface area contributed by atoms with Crippen LogP contribution in [0.15, 0.2) is 47.5 Å². The van der Waals surface area contributed by atoms with Gasteiger partial charge in [0.25, 0.3) is 0 Å². The fourth-order valence-corrected chi connectivity index (χ4v) is 2.64. The molecule has 2 aromatic carbocycles. The zero-order chi connectivity index (χ0) is 19.5. The second kappa shape index (κ2) is 13.2. The molecule has 0 bridgehead atoms. The van der Waals surface area contributed by atoms with Crippen LogP contribution in [0.3, 0.4) is 0 Å². The molecule has 2 aromatic rings. The number of methoxy groups -OCH3 is 2. The fraction of sp³-hybridized carbons (Fsp3) is 0.381. The molecule has 6 nitrogen and oxygen atoms in total. The number of hydrogen-bond donors (Lipinski definition) is 2. The lowest BCUT2D eigenvalue weighted by Gasteiger charge is -2.15. The fourth-order valence-electron chi connectivity index (χ4n) is 2.64. The largest absolute Gasteiger partial charge is 0.493 e. The van der Waals surface area contributed by atoms with E-state index in [4.69, 9.17) is 19.2 Å². The summed E-state index contributed by atoms with van der Waals surface area (Å²) in [7, 11) is 3.33. The molecule has 0 fully saturated rings. The summed E-state index contributed by atoms with van der Waals surface area (Å²) >= 11 is 0. The highest BCUT2D eigenvalue weighted by molar-refractivity contribution is 14.0. The van der Waals surface area contributed by atoms with Crippen molar-refractivity contribution in [2.45, 2.75) is 27.0 Å². The molecule has 0 heterocycles. The molecule has 0 amide bonds. The molecule has 0 radical (unpaired) electrons. The highest BCUT2D eigenvalue weighted by Gasteiger charge is 2.07. The predicted molar refractivity (Wildman–Crippen MR) is 125 cm³/mol. The third-order valence-electron chi connectivity index (χ3n) is 3.90. The minimum absolute atomic E-state index is 0. The second-order valence-electron chi connectivity index (χ2n) is 5.82. The van der Waals surface area contributed by atoms with E-state index in [0.29, 0.717) is 37.2 Å². The number of nitrogens with zero attached hydrogens (tertiary/aromatic N) is 1. The van der Waals surface area contributed by atoms with E-state index in [0.717, 1.165) is 23.4 Å². The van der Waals surface area contributed by atoms with Crippen LogP contribution in [-0.4, -0.2) is 33.3 Å². The summed E-state index contributed by atoms with van der Waals surface area (Å²) in [6, 6.07) is 13.9. The molecule has 0 unspecified atom stereocenters. The van der Waals surface area contributed by atoms with Crippen molar-refractivity contribution in [3.05, 3.63) is 53.6 Å². The van der Waals surface area contributed by atoms with Crippen molar-refractivity contribution < 1.29 is 14.2 Å². The number of anilines is 1. The van der Waals surface area contributed by atoms with E-state index in [1.807, 2.05) is 44.2 Å². The molecule has 0 aromatic heterocycles. The number of guanidine groups is 1. The second-order valence-corrected chi connectivity index (χ2v) is 5.82. The van der Waals surface area contributed by atoms with E-state index in [2.05, 4.69) is 22.8 Å². The Morgan fingerprint density at radius 2 is 1.75 bits per heavy atom. The first-order chi connectivity index (χ1) is 13.2. The molecule has 2 N–H and O–H groups in total. The summed E-state index contributed by atoms with van der Waals surface area (Å²) in [5.41, 5.74) is 3.16. The van der Waals surface area contributed by atoms with E-state index in [1.54, 1.807) is 14.2 Å². The lowest BCUT2D eigenvalue weighted by atomic mass is 10.1. The molecule has 0 saturated heterocycles. The summed E-state index contributed by atoms with van der Waals surface area (Å²) in [5.74, 6) is 2.11. The smallest absolute Gasteiger partial charge is 0.196 e. The van der Waals surface area contributed by atoms with Gasteiger partial charge in [-0.15, -0.1) is 24.0 Å². The first-order valence-electron chi connectivity index (χ1n) is 9.13.